The van der Waals surface area contributed by atoms with Crippen LogP contribution in [-0.4, -0.2) is 43.3 Å². The second-order valence-electron chi connectivity index (χ2n) is 12.3. The van der Waals surface area contributed by atoms with Crippen LogP contribution in [-0.2, 0) is 32.6 Å². The zero-order valence-corrected chi connectivity index (χ0v) is 29.8. The molecule has 4 aromatic rings. The van der Waals surface area contributed by atoms with Gasteiger partial charge in [-0.05, 0) is 87.7 Å². The van der Waals surface area contributed by atoms with Gasteiger partial charge in [-0.25, -0.2) is 8.42 Å². The molecular weight excluding hydrogens is 686 g/mol. The minimum atomic E-state index is -4.23. The number of anilines is 1. The summed E-state index contributed by atoms with van der Waals surface area (Å²) in [7, 11) is -4.23. The lowest BCUT2D eigenvalue weighted by molar-refractivity contribution is -0.140. The van der Waals surface area contributed by atoms with Crippen LogP contribution in [0.5, 0.6) is 0 Å². The number of aryl methyl sites for hydroxylation is 2. The standard InChI is InChI=1S/C36H39BrClN3O4S/c1-25-11-19-31(20-12-25)46(44,45)41(32-22-30(38)18-13-26(32)2)24-34(42)40(23-28-14-16-29(37)17-15-28)33(35(43)39-36(3,4)5)21-27-9-7-6-8-10-27/h6-20,22,33H,21,23-24H2,1-5H3,(H,39,43). The van der Waals surface area contributed by atoms with Crippen molar-refractivity contribution in [3.05, 3.63) is 129 Å². The third-order valence-electron chi connectivity index (χ3n) is 7.36. The lowest BCUT2D eigenvalue weighted by atomic mass is 10.0. The van der Waals surface area contributed by atoms with E-state index >= 15 is 0 Å². The second kappa shape index (κ2) is 14.8. The highest BCUT2D eigenvalue weighted by Crippen LogP contribution is 2.30. The summed E-state index contributed by atoms with van der Waals surface area (Å²) in [5.74, 6) is -0.878. The Morgan fingerprint density at radius 2 is 1.50 bits per heavy atom. The Kier molecular flexibility index (Phi) is 11.4. The first-order valence-corrected chi connectivity index (χ1v) is 17.5. The first kappa shape index (κ1) is 35.2. The van der Waals surface area contributed by atoms with E-state index in [0.717, 1.165) is 25.5 Å². The molecule has 46 heavy (non-hydrogen) atoms. The van der Waals surface area contributed by atoms with E-state index in [-0.39, 0.29) is 29.5 Å². The predicted molar refractivity (Wildman–Crippen MR) is 188 cm³/mol. The lowest BCUT2D eigenvalue weighted by Gasteiger charge is -2.35. The summed E-state index contributed by atoms with van der Waals surface area (Å²) in [6.07, 6.45) is 0.228. The number of sulfonamides is 1. The summed E-state index contributed by atoms with van der Waals surface area (Å²) in [6.45, 7) is 8.79. The molecule has 2 amide bonds. The molecule has 0 spiro atoms. The molecule has 0 heterocycles. The molecule has 7 nitrogen and oxygen atoms in total. The van der Waals surface area contributed by atoms with Crippen LogP contribution in [0.1, 0.15) is 43.0 Å². The molecule has 0 bridgehead atoms. The summed E-state index contributed by atoms with van der Waals surface area (Å²) in [5.41, 5.74) is 2.87. The van der Waals surface area contributed by atoms with Crippen molar-refractivity contribution >= 4 is 55.1 Å². The van der Waals surface area contributed by atoms with Crippen LogP contribution in [0, 0.1) is 13.8 Å². The van der Waals surface area contributed by atoms with E-state index in [4.69, 9.17) is 11.6 Å². The third-order valence-corrected chi connectivity index (χ3v) is 9.90. The van der Waals surface area contributed by atoms with Crippen LogP contribution < -0.4 is 9.62 Å². The zero-order valence-electron chi connectivity index (χ0n) is 26.6. The van der Waals surface area contributed by atoms with Gasteiger partial charge in [0.15, 0.2) is 0 Å². The Bertz CT molecular complexity index is 1780. The Hall–Kier alpha value is -3.66. The summed E-state index contributed by atoms with van der Waals surface area (Å²) < 4.78 is 30.5. The van der Waals surface area contributed by atoms with E-state index in [1.165, 1.54) is 17.0 Å². The fourth-order valence-corrected chi connectivity index (χ4v) is 6.90. The first-order chi connectivity index (χ1) is 21.6. The van der Waals surface area contributed by atoms with Crippen molar-refractivity contribution in [3.8, 4) is 0 Å². The van der Waals surface area contributed by atoms with Gasteiger partial charge in [0.2, 0.25) is 11.8 Å². The third kappa shape index (κ3) is 9.21. The Morgan fingerprint density at radius 3 is 2.11 bits per heavy atom. The molecule has 0 aromatic heterocycles. The Morgan fingerprint density at radius 1 is 0.870 bits per heavy atom. The predicted octanol–water partition coefficient (Wildman–Crippen LogP) is 7.47. The van der Waals surface area contributed by atoms with E-state index in [1.807, 2.05) is 82.3 Å². The highest BCUT2D eigenvalue weighted by atomic mass is 79.9. The summed E-state index contributed by atoms with van der Waals surface area (Å²) in [4.78, 5) is 30.1. The van der Waals surface area contributed by atoms with Gasteiger partial charge in [0, 0.05) is 28.0 Å². The molecule has 0 fully saturated rings. The SMILES string of the molecule is Cc1ccc(S(=O)(=O)N(CC(=O)N(Cc2ccc(Br)cc2)C(Cc2ccccc2)C(=O)NC(C)(C)C)c2cc(Cl)ccc2C)cc1. The van der Waals surface area contributed by atoms with Crippen molar-refractivity contribution in [1.29, 1.82) is 0 Å². The second-order valence-corrected chi connectivity index (χ2v) is 15.6. The summed E-state index contributed by atoms with van der Waals surface area (Å²) in [5, 5.41) is 3.37. The van der Waals surface area contributed by atoms with Crippen molar-refractivity contribution in [2.24, 2.45) is 0 Å². The number of carbonyl (C=O) groups excluding carboxylic acids is 2. The monoisotopic (exact) mass is 723 g/mol. The smallest absolute Gasteiger partial charge is 0.264 e. The largest absolute Gasteiger partial charge is 0.350 e. The van der Waals surface area contributed by atoms with Crippen LogP contribution in [0.25, 0.3) is 0 Å². The molecule has 0 saturated heterocycles. The van der Waals surface area contributed by atoms with Crippen molar-refractivity contribution in [2.45, 2.75) is 64.1 Å². The normalized spacial score (nSPS) is 12.3. The van der Waals surface area contributed by atoms with Gasteiger partial charge in [-0.1, -0.05) is 93.8 Å². The van der Waals surface area contributed by atoms with Gasteiger partial charge in [-0.15, -0.1) is 0 Å². The number of nitrogens with one attached hydrogen (secondary N) is 1. The maximum Gasteiger partial charge on any atom is 0.264 e. The molecule has 4 rings (SSSR count). The fraction of sp³-hybridized carbons (Fsp3) is 0.278. The van der Waals surface area contributed by atoms with Crippen molar-refractivity contribution in [3.63, 3.8) is 0 Å². The Balaban J connectivity index is 1.84. The topological polar surface area (TPSA) is 86.8 Å². The molecular formula is C36H39BrClN3O4S. The maximum atomic E-state index is 14.6. The number of carbonyl (C=O) groups is 2. The Labute approximate surface area is 285 Å². The number of halogens is 2. The summed E-state index contributed by atoms with van der Waals surface area (Å²) >= 11 is 9.83. The molecule has 0 saturated carbocycles. The van der Waals surface area contributed by atoms with Gasteiger partial charge in [0.1, 0.15) is 12.6 Å². The van der Waals surface area contributed by atoms with E-state index < -0.39 is 34.1 Å². The van der Waals surface area contributed by atoms with Crippen LogP contribution in [0.4, 0.5) is 5.69 Å². The van der Waals surface area contributed by atoms with Crippen LogP contribution in [0.2, 0.25) is 5.02 Å². The highest BCUT2D eigenvalue weighted by molar-refractivity contribution is 9.10. The van der Waals surface area contributed by atoms with Crippen LogP contribution in [0.15, 0.2) is 106 Å². The van der Waals surface area contributed by atoms with Gasteiger partial charge in [-0.2, -0.15) is 0 Å². The molecule has 242 valence electrons. The molecule has 0 aliphatic carbocycles. The van der Waals surface area contributed by atoms with Gasteiger partial charge in [0.05, 0.1) is 10.6 Å². The molecule has 1 N–H and O–H groups in total. The fourth-order valence-electron chi connectivity index (χ4n) is 5.00. The van der Waals surface area contributed by atoms with E-state index in [2.05, 4.69) is 21.2 Å². The number of amides is 2. The van der Waals surface area contributed by atoms with E-state index in [0.29, 0.717) is 10.6 Å². The van der Waals surface area contributed by atoms with E-state index in [1.54, 1.807) is 37.3 Å². The van der Waals surface area contributed by atoms with Crippen LogP contribution in [0.3, 0.4) is 0 Å². The molecule has 10 heteroatoms. The van der Waals surface area contributed by atoms with Gasteiger partial charge >= 0.3 is 0 Å². The average Bonchev–Trinajstić information content (AvgIpc) is 2.99. The molecule has 0 radical (unpaired) electrons. The zero-order chi connectivity index (χ0) is 33.6. The molecule has 1 atom stereocenters. The molecule has 4 aromatic carbocycles. The quantitative estimate of drug-likeness (QED) is 0.174. The van der Waals surface area contributed by atoms with Gasteiger partial charge in [-0.3, -0.25) is 13.9 Å². The van der Waals surface area contributed by atoms with Gasteiger partial charge in [0.25, 0.3) is 10.0 Å². The highest BCUT2D eigenvalue weighted by Gasteiger charge is 2.36. The van der Waals surface area contributed by atoms with E-state index in [9.17, 15) is 18.0 Å². The number of hydrogen-bond donors (Lipinski definition) is 1. The summed E-state index contributed by atoms with van der Waals surface area (Å²) in [6, 6.07) is 27.4. The average molecular weight is 725 g/mol. The molecule has 1 unspecified atom stereocenters. The van der Waals surface area contributed by atoms with Crippen molar-refractivity contribution < 1.29 is 18.0 Å². The number of rotatable bonds is 11. The van der Waals surface area contributed by atoms with Gasteiger partial charge < -0.3 is 10.2 Å². The lowest BCUT2D eigenvalue weighted by Crippen LogP contribution is -2.56. The van der Waals surface area contributed by atoms with Crippen molar-refractivity contribution in [2.75, 3.05) is 10.8 Å². The maximum absolute atomic E-state index is 14.6. The van der Waals surface area contributed by atoms with Crippen LogP contribution >= 0.6 is 27.5 Å². The first-order valence-electron chi connectivity index (χ1n) is 14.9. The minimum Gasteiger partial charge on any atom is -0.350 e. The minimum absolute atomic E-state index is 0.0380. The number of hydrogen-bond acceptors (Lipinski definition) is 4. The molecule has 0 aliphatic heterocycles. The van der Waals surface area contributed by atoms with Crippen molar-refractivity contribution in [1.82, 2.24) is 10.2 Å². The number of benzene rings is 4. The molecule has 0 aliphatic rings. The number of nitrogens with zero attached hydrogens (tertiary/aromatic N) is 2.